The second-order valence-electron chi connectivity index (χ2n) is 2.80. The van der Waals surface area contributed by atoms with Gasteiger partial charge in [0.1, 0.15) is 0 Å². The van der Waals surface area contributed by atoms with Gasteiger partial charge in [-0.1, -0.05) is 0 Å². The SMILES string of the molecule is Cn1ccnc1NC(=O)CCCN. The Labute approximate surface area is 76.9 Å². The number of aromatic nitrogens is 2. The predicted octanol–water partition coefficient (Wildman–Crippen LogP) is 0.0975. The first-order valence-electron chi connectivity index (χ1n) is 4.21. The maximum Gasteiger partial charge on any atom is 0.226 e. The highest BCUT2D eigenvalue weighted by Crippen LogP contribution is 2.01. The van der Waals surface area contributed by atoms with Crippen molar-refractivity contribution >= 4 is 11.9 Å². The lowest BCUT2D eigenvalue weighted by molar-refractivity contribution is -0.116. The van der Waals surface area contributed by atoms with Crippen molar-refractivity contribution in [1.82, 2.24) is 9.55 Å². The molecule has 0 saturated heterocycles. The highest BCUT2D eigenvalue weighted by Gasteiger charge is 2.04. The van der Waals surface area contributed by atoms with E-state index in [0.717, 1.165) is 0 Å². The Bertz CT molecular complexity index is 281. The monoisotopic (exact) mass is 182 g/mol. The zero-order valence-corrected chi connectivity index (χ0v) is 7.66. The number of amides is 1. The van der Waals surface area contributed by atoms with E-state index in [9.17, 15) is 4.79 Å². The van der Waals surface area contributed by atoms with E-state index in [4.69, 9.17) is 5.73 Å². The molecule has 0 spiro atoms. The van der Waals surface area contributed by atoms with Gasteiger partial charge in [0.15, 0.2) is 0 Å². The van der Waals surface area contributed by atoms with Crippen LogP contribution in [0.4, 0.5) is 5.95 Å². The molecule has 0 bridgehead atoms. The Morgan fingerprint density at radius 3 is 3.08 bits per heavy atom. The van der Waals surface area contributed by atoms with E-state index in [2.05, 4.69) is 10.3 Å². The molecule has 1 amide bonds. The molecule has 0 aliphatic carbocycles. The fourth-order valence-electron chi connectivity index (χ4n) is 0.936. The summed E-state index contributed by atoms with van der Waals surface area (Å²) in [5.74, 6) is 0.529. The Balaban J connectivity index is 2.41. The van der Waals surface area contributed by atoms with Crippen LogP contribution < -0.4 is 11.1 Å². The lowest BCUT2D eigenvalue weighted by Gasteiger charge is -2.03. The molecule has 0 aliphatic heterocycles. The highest BCUT2D eigenvalue weighted by molar-refractivity contribution is 5.88. The van der Waals surface area contributed by atoms with Gasteiger partial charge in [-0.05, 0) is 13.0 Å². The summed E-state index contributed by atoms with van der Waals surface area (Å²) in [5, 5.41) is 2.68. The first kappa shape index (κ1) is 9.73. The first-order valence-corrected chi connectivity index (χ1v) is 4.21. The molecule has 1 aromatic rings. The molecule has 0 radical (unpaired) electrons. The van der Waals surface area contributed by atoms with Crippen molar-refractivity contribution in [1.29, 1.82) is 0 Å². The van der Waals surface area contributed by atoms with Crippen LogP contribution in [0.3, 0.4) is 0 Å². The first-order chi connectivity index (χ1) is 6.24. The minimum Gasteiger partial charge on any atom is -0.330 e. The number of hydrogen-bond acceptors (Lipinski definition) is 3. The number of carbonyl (C=O) groups excluding carboxylic acids is 1. The van der Waals surface area contributed by atoms with Crippen molar-refractivity contribution in [2.45, 2.75) is 12.8 Å². The van der Waals surface area contributed by atoms with Crippen molar-refractivity contribution < 1.29 is 4.79 Å². The molecule has 5 heteroatoms. The van der Waals surface area contributed by atoms with Crippen LogP contribution in [0.2, 0.25) is 0 Å². The minimum absolute atomic E-state index is 0.0419. The summed E-state index contributed by atoms with van der Waals surface area (Å²) in [6, 6.07) is 0. The van der Waals surface area contributed by atoms with E-state index >= 15 is 0 Å². The molecule has 0 unspecified atom stereocenters. The standard InChI is InChI=1S/C8H14N4O/c1-12-6-5-10-8(12)11-7(13)3-2-4-9/h5-6H,2-4,9H2,1H3,(H,10,11,13). The summed E-state index contributed by atoms with van der Waals surface area (Å²) in [4.78, 5) is 15.2. The Morgan fingerprint density at radius 2 is 2.54 bits per heavy atom. The minimum atomic E-state index is -0.0419. The van der Waals surface area contributed by atoms with Crippen molar-refractivity contribution in [3.8, 4) is 0 Å². The average molecular weight is 182 g/mol. The molecule has 1 heterocycles. The summed E-state index contributed by atoms with van der Waals surface area (Å²) in [6.45, 7) is 0.536. The third kappa shape index (κ3) is 2.87. The van der Waals surface area contributed by atoms with E-state index in [1.807, 2.05) is 7.05 Å². The fraction of sp³-hybridized carbons (Fsp3) is 0.500. The lowest BCUT2D eigenvalue weighted by Crippen LogP contribution is -2.15. The number of imidazole rings is 1. The van der Waals surface area contributed by atoms with Gasteiger partial charge in [-0.2, -0.15) is 0 Å². The van der Waals surface area contributed by atoms with Crippen LogP contribution in [0.5, 0.6) is 0 Å². The average Bonchev–Trinajstić information content (AvgIpc) is 2.48. The molecule has 0 aliphatic rings. The van der Waals surface area contributed by atoms with Gasteiger partial charge >= 0.3 is 0 Å². The molecule has 1 aromatic heterocycles. The van der Waals surface area contributed by atoms with Gasteiger partial charge in [0.05, 0.1) is 0 Å². The van der Waals surface area contributed by atoms with Crippen LogP contribution in [0, 0.1) is 0 Å². The molecule has 0 saturated carbocycles. The summed E-state index contributed by atoms with van der Waals surface area (Å²) in [7, 11) is 1.82. The summed E-state index contributed by atoms with van der Waals surface area (Å²) >= 11 is 0. The van der Waals surface area contributed by atoms with Crippen LogP contribution in [0.1, 0.15) is 12.8 Å². The number of nitrogens with one attached hydrogen (secondary N) is 1. The van der Waals surface area contributed by atoms with Gasteiger partial charge in [-0.25, -0.2) is 4.98 Å². The normalized spacial score (nSPS) is 10.0. The molecule has 5 nitrogen and oxygen atoms in total. The quantitative estimate of drug-likeness (QED) is 0.693. The van der Waals surface area contributed by atoms with E-state index in [1.165, 1.54) is 0 Å². The highest BCUT2D eigenvalue weighted by atomic mass is 16.1. The van der Waals surface area contributed by atoms with Crippen LogP contribution in [-0.2, 0) is 11.8 Å². The Morgan fingerprint density at radius 1 is 1.77 bits per heavy atom. The molecule has 1 rings (SSSR count). The van der Waals surface area contributed by atoms with Gasteiger partial charge in [0, 0.05) is 25.9 Å². The maximum atomic E-state index is 11.2. The van der Waals surface area contributed by atoms with E-state index in [0.29, 0.717) is 25.3 Å². The van der Waals surface area contributed by atoms with Crippen molar-refractivity contribution in [2.75, 3.05) is 11.9 Å². The Hall–Kier alpha value is -1.36. The van der Waals surface area contributed by atoms with Crippen molar-refractivity contribution in [3.63, 3.8) is 0 Å². The van der Waals surface area contributed by atoms with Crippen LogP contribution >= 0.6 is 0 Å². The fourth-order valence-corrected chi connectivity index (χ4v) is 0.936. The van der Waals surface area contributed by atoms with Crippen molar-refractivity contribution in [2.24, 2.45) is 12.8 Å². The van der Waals surface area contributed by atoms with Gasteiger partial charge in [0.25, 0.3) is 0 Å². The molecule has 0 aromatic carbocycles. The summed E-state index contributed by atoms with van der Waals surface area (Å²) < 4.78 is 1.75. The van der Waals surface area contributed by atoms with Gasteiger partial charge in [-0.3, -0.25) is 10.1 Å². The Kier molecular flexibility index (Phi) is 3.45. The molecular formula is C8H14N4O. The zero-order chi connectivity index (χ0) is 9.68. The molecule has 3 N–H and O–H groups in total. The van der Waals surface area contributed by atoms with Crippen LogP contribution in [0.25, 0.3) is 0 Å². The molecule has 0 fully saturated rings. The molecule has 0 atom stereocenters. The third-order valence-corrected chi connectivity index (χ3v) is 1.68. The number of rotatable bonds is 4. The molecule has 72 valence electrons. The van der Waals surface area contributed by atoms with E-state index < -0.39 is 0 Å². The summed E-state index contributed by atoms with van der Waals surface area (Å²) in [6.07, 6.45) is 4.57. The number of nitrogens with zero attached hydrogens (tertiary/aromatic N) is 2. The largest absolute Gasteiger partial charge is 0.330 e. The van der Waals surface area contributed by atoms with E-state index in [1.54, 1.807) is 17.0 Å². The number of aryl methyl sites for hydroxylation is 1. The number of carbonyl (C=O) groups is 1. The van der Waals surface area contributed by atoms with Crippen LogP contribution in [-0.4, -0.2) is 22.0 Å². The number of hydrogen-bond donors (Lipinski definition) is 2. The number of anilines is 1. The summed E-state index contributed by atoms with van der Waals surface area (Å²) in [5.41, 5.74) is 5.28. The van der Waals surface area contributed by atoms with E-state index in [-0.39, 0.29) is 5.91 Å². The zero-order valence-electron chi connectivity index (χ0n) is 7.66. The number of nitrogens with two attached hydrogens (primary N) is 1. The second-order valence-corrected chi connectivity index (χ2v) is 2.80. The van der Waals surface area contributed by atoms with Crippen molar-refractivity contribution in [3.05, 3.63) is 12.4 Å². The predicted molar refractivity (Wildman–Crippen MR) is 50.1 cm³/mol. The van der Waals surface area contributed by atoms with Gasteiger partial charge in [0.2, 0.25) is 11.9 Å². The topological polar surface area (TPSA) is 72.9 Å². The lowest BCUT2D eigenvalue weighted by atomic mass is 10.3. The maximum absolute atomic E-state index is 11.2. The van der Waals surface area contributed by atoms with Crippen LogP contribution in [0.15, 0.2) is 12.4 Å². The molecular weight excluding hydrogens is 168 g/mol. The van der Waals surface area contributed by atoms with Gasteiger partial charge < -0.3 is 10.3 Å². The molecule has 13 heavy (non-hydrogen) atoms. The third-order valence-electron chi connectivity index (χ3n) is 1.68. The van der Waals surface area contributed by atoms with Gasteiger partial charge in [-0.15, -0.1) is 0 Å². The smallest absolute Gasteiger partial charge is 0.226 e. The second kappa shape index (κ2) is 4.61.